The van der Waals surface area contributed by atoms with Crippen molar-refractivity contribution in [2.75, 3.05) is 29.9 Å². The maximum Gasteiger partial charge on any atom is 0.264 e. The highest BCUT2D eigenvalue weighted by Crippen LogP contribution is 2.32. The van der Waals surface area contributed by atoms with E-state index < -0.39 is 10.0 Å². The van der Waals surface area contributed by atoms with Gasteiger partial charge in [0.05, 0.1) is 22.7 Å². The van der Waals surface area contributed by atoms with Crippen LogP contribution in [0.25, 0.3) is 0 Å². The van der Waals surface area contributed by atoms with Gasteiger partial charge >= 0.3 is 0 Å². The van der Waals surface area contributed by atoms with Gasteiger partial charge < -0.3 is 14.8 Å². The Hall–Kier alpha value is -3.23. The Balaban J connectivity index is 1.39. The molecule has 1 amide bonds. The molecule has 7 nitrogen and oxygen atoms in total. The zero-order chi connectivity index (χ0) is 23.4. The molecule has 0 unspecified atom stereocenters. The zero-order valence-electron chi connectivity index (χ0n) is 18.0. The maximum absolute atomic E-state index is 13.2. The second-order valence-electron chi connectivity index (χ2n) is 7.47. The van der Waals surface area contributed by atoms with E-state index in [0.717, 1.165) is 24.1 Å². The lowest BCUT2D eigenvalue weighted by molar-refractivity contribution is -0.118. The van der Waals surface area contributed by atoms with Gasteiger partial charge in [-0.3, -0.25) is 9.10 Å². The van der Waals surface area contributed by atoms with E-state index in [-0.39, 0.29) is 17.4 Å². The minimum Gasteiger partial charge on any atom is -0.495 e. The number of halogens is 1. The number of amides is 1. The summed E-state index contributed by atoms with van der Waals surface area (Å²) in [6.45, 7) is 0.197. The van der Waals surface area contributed by atoms with Crippen LogP contribution >= 0.6 is 11.6 Å². The molecule has 1 aliphatic rings. The van der Waals surface area contributed by atoms with E-state index in [1.54, 1.807) is 30.3 Å². The van der Waals surface area contributed by atoms with Crippen molar-refractivity contribution in [3.05, 3.63) is 77.3 Å². The van der Waals surface area contributed by atoms with Gasteiger partial charge in [-0.05, 0) is 66.9 Å². The van der Waals surface area contributed by atoms with Crippen LogP contribution in [0.15, 0.2) is 71.6 Å². The first-order valence-electron chi connectivity index (χ1n) is 10.4. The quantitative estimate of drug-likeness (QED) is 0.531. The van der Waals surface area contributed by atoms with Gasteiger partial charge in [0.25, 0.3) is 15.9 Å². The predicted octanol–water partition coefficient (Wildman–Crippen LogP) is 4.51. The molecule has 4 rings (SSSR count). The van der Waals surface area contributed by atoms with Crippen LogP contribution in [0.5, 0.6) is 11.5 Å². The molecule has 1 N–H and O–H groups in total. The minimum absolute atomic E-state index is 0.170. The second-order valence-corrected chi connectivity index (χ2v) is 9.74. The first-order chi connectivity index (χ1) is 15.9. The summed E-state index contributed by atoms with van der Waals surface area (Å²) in [6.07, 6.45) is 1.63. The summed E-state index contributed by atoms with van der Waals surface area (Å²) in [4.78, 5) is 12.4. The van der Waals surface area contributed by atoms with E-state index in [1.165, 1.54) is 23.5 Å². The third-order valence-corrected chi connectivity index (χ3v) is 7.41. The molecule has 0 atom stereocenters. The number of fused-ring (bicyclic) bond motifs is 1. The van der Waals surface area contributed by atoms with E-state index >= 15 is 0 Å². The van der Waals surface area contributed by atoms with Crippen molar-refractivity contribution in [2.24, 2.45) is 0 Å². The molecular weight excluding hydrogens is 464 g/mol. The van der Waals surface area contributed by atoms with E-state index in [1.807, 2.05) is 24.3 Å². The highest BCUT2D eigenvalue weighted by Gasteiger charge is 2.28. The summed E-state index contributed by atoms with van der Waals surface area (Å²) in [5.41, 5.74) is 2.26. The molecule has 0 saturated carbocycles. The zero-order valence-corrected chi connectivity index (χ0v) is 19.5. The summed E-state index contributed by atoms with van der Waals surface area (Å²) < 4.78 is 38.5. The van der Waals surface area contributed by atoms with Gasteiger partial charge in [-0.25, -0.2) is 8.42 Å². The van der Waals surface area contributed by atoms with Crippen molar-refractivity contribution in [3.63, 3.8) is 0 Å². The normalized spacial score (nSPS) is 13.2. The van der Waals surface area contributed by atoms with E-state index in [2.05, 4.69) is 5.32 Å². The lowest BCUT2D eigenvalue weighted by atomic mass is 10.0. The van der Waals surface area contributed by atoms with Crippen LogP contribution in [0.3, 0.4) is 0 Å². The minimum atomic E-state index is -3.70. The number of sulfonamides is 1. The number of rotatable bonds is 7. The molecule has 0 aromatic heterocycles. The van der Waals surface area contributed by atoms with Gasteiger partial charge in [0.1, 0.15) is 11.5 Å². The number of carbonyl (C=O) groups is 1. The van der Waals surface area contributed by atoms with Crippen molar-refractivity contribution >= 4 is 38.9 Å². The summed E-state index contributed by atoms with van der Waals surface area (Å²) in [6, 6.07) is 18.5. The Labute approximate surface area is 197 Å². The summed E-state index contributed by atoms with van der Waals surface area (Å²) in [5.74, 6) is 0.516. The van der Waals surface area contributed by atoms with Gasteiger partial charge in [0.15, 0.2) is 6.61 Å². The molecule has 0 saturated heterocycles. The van der Waals surface area contributed by atoms with Crippen molar-refractivity contribution in [1.29, 1.82) is 0 Å². The largest absolute Gasteiger partial charge is 0.495 e. The first kappa shape index (κ1) is 22.9. The van der Waals surface area contributed by atoms with E-state index in [4.69, 9.17) is 21.1 Å². The fourth-order valence-electron chi connectivity index (χ4n) is 3.67. The molecular formula is C24H23ClN2O5S. The van der Waals surface area contributed by atoms with Gasteiger partial charge in [0.2, 0.25) is 0 Å². The Morgan fingerprint density at radius 1 is 1.09 bits per heavy atom. The molecule has 0 aliphatic carbocycles. The molecule has 0 radical (unpaired) electrons. The van der Waals surface area contributed by atoms with Crippen LogP contribution < -0.4 is 19.1 Å². The maximum atomic E-state index is 13.2. The number of hydrogen-bond acceptors (Lipinski definition) is 5. The number of anilines is 2. The molecule has 1 heterocycles. The molecule has 1 aliphatic heterocycles. The molecule has 3 aromatic carbocycles. The smallest absolute Gasteiger partial charge is 0.264 e. The third kappa shape index (κ3) is 5.07. The van der Waals surface area contributed by atoms with Gasteiger partial charge in [-0.15, -0.1) is 0 Å². The molecule has 9 heteroatoms. The van der Waals surface area contributed by atoms with E-state index in [0.29, 0.717) is 28.8 Å². The topological polar surface area (TPSA) is 84.9 Å². The van der Waals surface area contributed by atoms with Crippen molar-refractivity contribution in [3.8, 4) is 11.5 Å². The third-order valence-electron chi connectivity index (χ3n) is 5.28. The van der Waals surface area contributed by atoms with Crippen molar-refractivity contribution < 1.29 is 22.7 Å². The van der Waals surface area contributed by atoms with Crippen molar-refractivity contribution in [2.45, 2.75) is 17.7 Å². The number of carbonyl (C=O) groups excluding carboxylic acids is 1. The molecule has 0 bridgehead atoms. The number of nitrogens with zero attached hydrogens (tertiary/aromatic N) is 1. The van der Waals surface area contributed by atoms with E-state index in [9.17, 15) is 13.2 Å². The highest BCUT2D eigenvalue weighted by atomic mass is 35.5. The predicted molar refractivity (Wildman–Crippen MR) is 128 cm³/mol. The molecule has 172 valence electrons. The summed E-state index contributed by atoms with van der Waals surface area (Å²) >= 11 is 6.06. The Kier molecular flexibility index (Phi) is 6.76. The number of benzene rings is 3. The van der Waals surface area contributed by atoms with Gasteiger partial charge in [0, 0.05) is 12.2 Å². The van der Waals surface area contributed by atoms with Crippen LogP contribution in [0.1, 0.15) is 12.0 Å². The lowest BCUT2D eigenvalue weighted by Crippen LogP contribution is -2.35. The fraction of sp³-hybridized carbons (Fsp3) is 0.208. The fourth-order valence-corrected chi connectivity index (χ4v) is 5.47. The number of nitrogens with one attached hydrogen (secondary N) is 1. The number of ether oxygens (including phenoxy) is 2. The van der Waals surface area contributed by atoms with Crippen molar-refractivity contribution in [1.82, 2.24) is 0 Å². The number of aryl methyl sites for hydroxylation is 1. The van der Waals surface area contributed by atoms with Crippen LogP contribution in [-0.4, -0.2) is 34.6 Å². The first-order valence-corrected chi connectivity index (χ1v) is 12.2. The van der Waals surface area contributed by atoms with Gasteiger partial charge in [-0.1, -0.05) is 29.8 Å². The molecule has 0 fully saturated rings. The number of para-hydroxylation sites is 1. The Morgan fingerprint density at radius 2 is 1.85 bits per heavy atom. The average Bonchev–Trinajstić information content (AvgIpc) is 2.83. The SMILES string of the molecule is COc1ccc(NC(=O)COc2ccc(S(=O)(=O)N3CCCc4ccccc43)cc2)cc1Cl. The van der Waals surface area contributed by atoms with Crippen LogP contribution in [0, 0.1) is 0 Å². The number of methoxy groups -OCH3 is 1. The summed E-state index contributed by atoms with van der Waals surface area (Å²) in [5, 5.41) is 3.06. The second kappa shape index (κ2) is 9.72. The van der Waals surface area contributed by atoms with Crippen LogP contribution in [0.4, 0.5) is 11.4 Å². The highest BCUT2D eigenvalue weighted by molar-refractivity contribution is 7.92. The average molecular weight is 487 g/mol. The van der Waals surface area contributed by atoms with Crippen LogP contribution in [0.2, 0.25) is 5.02 Å². The monoisotopic (exact) mass is 486 g/mol. The Bertz CT molecular complexity index is 1260. The van der Waals surface area contributed by atoms with Crippen LogP contribution in [-0.2, 0) is 21.2 Å². The summed E-state index contributed by atoms with van der Waals surface area (Å²) in [7, 11) is -2.19. The lowest BCUT2D eigenvalue weighted by Gasteiger charge is -2.30. The number of hydrogen-bond donors (Lipinski definition) is 1. The molecule has 33 heavy (non-hydrogen) atoms. The van der Waals surface area contributed by atoms with Gasteiger partial charge in [-0.2, -0.15) is 0 Å². The Morgan fingerprint density at radius 3 is 2.58 bits per heavy atom. The molecule has 3 aromatic rings. The standard InChI is InChI=1S/C24H23ClN2O5S/c1-31-23-13-8-18(15-21(23)25)26-24(28)16-32-19-9-11-20(12-10-19)33(29,30)27-14-4-6-17-5-2-3-7-22(17)27/h2-3,5,7-13,15H,4,6,14,16H2,1H3,(H,26,28). The molecule has 0 spiro atoms.